The molecule has 3 nitrogen and oxygen atoms in total. The predicted octanol–water partition coefficient (Wildman–Crippen LogP) is 2.95. The van der Waals surface area contributed by atoms with Crippen LogP contribution < -0.4 is 4.74 Å². The molecule has 0 radical (unpaired) electrons. The fraction of sp³-hybridized carbons (Fsp3) is 0.0909. The average molecular weight is 236 g/mol. The fourth-order valence-electron chi connectivity index (χ4n) is 1.40. The molecule has 0 unspecified atom stereocenters. The second-order valence-corrected chi connectivity index (χ2v) is 3.50. The Hall–Kier alpha value is -1.75. The summed E-state index contributed by atoms with van der Waals surface area (Å²) in [6, 6.07) is 6.59. The number of methoxy groups -OCH3 is 1. The lowest BCUT2D eigenvalue weighted by atomic mass is 10.1. The van der Waals surface area contributed by atoms with E-state index in [4.69, 9.17) is 17.0 Å². The van der Waals surface area contributed by atoms with Crippen molar-refractivity contribution < 1.29 is 9.13 Å². The monoisotopic (exact) mass is 236 g/mol. The molecule has 0 aliphatic carbocycles. The zero-order chi connectivity index (χ0) is 11.5. The molecule has 0 fully saturated rings. The van der Waals surface area contributed by atoms with Gasteiger partial charge in [0.15, 0.2) is 16.3 Å². The number of benzene rings is 1. The molecule has 0 amide bonds. The van der Waals surface area contributed by atoms with Crippen molar-refractivity contribution in [2.75, 3.05) is 7.11 Å². The van der Waals surface area contributed by atoms with E-state index in [2.05, 4.69) is 9.97 Å². The average Bonchev–Trinajstić information content (AvgIpc) is 2.29. The molecule has 1 heterocycles. The molecular weight excluding hydrogens is 227 g/mol. The van der Waals surface area contributed by atoms with Gasteiger partial charge in [-0.25, -0.2) is 9.37 Å². The van der Waals surface area contributed by atoms with E-state index in [0.29, 0.717) is 16.0 Å². The number of ether oxygens (including phenoxy) is 1. The van der Waals surface area contributed by atoms with Crippen molar-refractivity contribution in [2.24, 2.45) is 0 Å². The van der Waals surface area contributed by atoms with Crippen molar-refractivity contribution in [3.8, 4) is 17.0 Å². The maximum absolute atomic E-state index is 13.9. The standard InChI is InChI=1S/C11H9FN2OS/c1-15-9-4-2-3-7(10(9)12)8-5-6-13-11(16)14-8/h2-6H,1H3,(H,13,14,16). The predicted molar refractivity (Wildman–Crippen MR) is 61.4 cm³/mol. The molecule has 2 rings (SSSR count). The lowest BCUT2D eigenvalue weighted by Gasteiger charge is -2.06. The minimum atomic E-state index is -0.415. The van der Waals surface area contributed by atoms with Gasteiger partial charge in [0.1, 0.15) is 0 Å². The number of rotatable bonds is 2. The van der Waals surface area contributed by atoms with Gasteiger partial charge in [-0.1, -0.05) is 6.07 Å². The van der Waals surface area contributed by atoms with Crippen LogP contribution in [-0.4, -0.2) is 17.1 Å². The molecule has 82 valence electrons. The Kier molecular flexibility index (Phi) is 2.96. The minimum Gasteiger partial charge on any atom is -0.494 e. The van der Waals surface area contributed by atoms with Crippen molar-refractivity contribution in [2.45, 2.75) is 0 Å². The summed E-state index contributed by atoms with van der Waals surface area (Å²) in [6.07, 6.45) is 1.53. The molecule has 0 aliphatic heterocycles. The van der Waals surface area contributed by atoms with E-state index in [-0.39, 0.29) is 5.75 Å². The van der Waals surface area contributed by atoms with Gasteiger partial charge in [0.25, 0.3) is 0 Å². The summed E-state index contributed by atoms with van der Waals surface area (Å²) in [5.74, 6) is -0.213. The van der Waals surface area contributed by atoms with Gasteiger partial charge >= 0.3 is 0 Å². The van der Waals surface area contributed by atoms with Crippen LogP contribution in [0, 0.1) is 10.6 Å². The van der Waals surface area contributed by atoms with Gasteiger partial charge in [0.05, 0.1) is 12.8 Å². The Labute approximate surface area is 96.9 Å². The van der Waals surface area contributed by atoms with E-state index < -0.39 is 5.82 Å². The van der Waals surface area contributed by atoms with E-state index >= 15 is 0 Å². The van der Waals surface area contributed by atoms with E-state index in [1.165, 1.54) is 13.3 Å². The zero-order valence-corrected chi connectivity index (χ0v) is 9.34. The van der Waals surface area contributed by atoms with Crippen molar-refractivity contribution in [1.82, 2.24) is 9.97 Å². The fourth-order valence-corrected chi connectivity index (χ4v) is 1.57. The molecule has 0 saturated heterocycles. The Bertz CT molecular complexity index is 568. The van der Waals surface area contributed by atoms with Crippen molar-refractivity contribution in [3.05, 3.63) is 41.1 Å². The lowest BCUT2D eigenvalue weighted by Crippen LogP contribution is -1.93. The summed E-state index contributed by atoms with van der Waals surface area (Å²) in [4.78, 5) is 6.67. The third-order valence-corrected chi connectivity index (χ3v) is 2.36. The number of aromatic amines is 1. The number of halogens is 1. The van der Waals surface area contributed by atoms with Gasteiger partial charge in [-0.15, -0.1) is 0 Å². The SMILES string of the molecule is COc1cccc(-c2ccnc(=S)[nH]2)c1F. The summed E-state index contributed by atoms with van der Waals surface area (Å²) in [5, 5.41) is 0. The highest BCUT2D eigenvalue weighted by molar-refractivity contribution is 7.71. The van der Waals surface area contributed by atoms with E-state index in [1.807, 2.05) is 0 Å². The van der Waals surface area contributed by atoms with Crippen LogP contribution in [0.2, 0.25) is 0 Å². The highest BCUT2D eigenvalue weighted by Gasteiger charge is 2.10. The Balaban J connectivity index is 2.60. The molecule has 5 heteroatoms. The molecular formula is C11H9FN2OS. The number of aromatic nitrogens is 2. The Morgan fingerprint density at radius 1 is 1.38 bits per heavy atom. The van der Waals surface area contributed by atoms with Crippen LogP contribution in [-0.2, 0) is 0 Å². The molecule has 16 heavy (non-hydrogen) atoms. The molecule has 0 spiro atoms. The van der Waals surface area contributed by atoms with Crippen molar-refractivity contribution >= 4 is 12.2 Å². The van der Waals surface area contributed by atoms with Gasteiger partial charge in [0.2, 0.25) is 0 Å². The number of hydrogen-bond acceptors (Lipinski definition) is 3. The molecule has 0 saturated carbocycles. The second kappa shape index (κ2) is 4.40. The molecule has 0 atom stereocenters. The van der Waals surface area contributed by atoms with Crippen molar-refractivity contribution in [1.29, 1.82) is 0 Å². The van der Waals surface area contributed by atoms with Gasteiger partial charge in [-0.05, 0) is 30.4 Å². The van der Waals surface area contributed by atoms with Crippen LogP contribution in [0.4, 0.5) is 4.39 Å². The summed E-state index contributed by atoms with van der Waals surface area (Å²) in [5.41, 5.74) is 0.990. The van der Waals surface area contributed by atoms with E-state index in [9.17, 15) is 4.39 Å². The van der Waals surface area contributed by atoms with Crippen LogP contribution in [0.3, 0.4) is 0 Å². The van der Waals surface area contributed by atoms with Crippen LogP contribution in [0.15, 0.2) is 30.5 Å². The van der Waals surface area contributed by atoms with Gasteiger partial charge in [0, 0.05) is 11.8 Å². The van der Waals surface area contributed by atoms with Gasteiger partial charge in [-0.2, -0.15) is 0 Å². The number of nitrogens with one attached hydrogen (secondary N) is 1. The molecule has 2 aromatic rings. The lowest BCUT2D eigenvalue weighted by molar-refractivity contribution is 0.387. The maximum Gasteiger partial charge on any atom is 0.197 e. The topological polar surface area (TPSA) is 37.9 Å². The van der Waals surface area contributed by atoms with E-state index in [0.717, 1.165) is 0 Å². The zero-order valence-electron chi connectivity index (χ0n) is 8.53. The summed E-state index contributed by atoms with van der Waals surface area (Å²) in [6.45, 7) is 0. The molecule has 1 N–H and O–H groups in total. The van der Waals surface area contributed by atoms with Crippen LogP contribution in [0.5, 0.6) is 5.75 Å². The summed E-state index contributed by atoms with van der Waals surface area (Å²) in [7, 11) is 1.43. The Morgan fingerprint density at radius 2 is 2.19 bits per heavy atom. The van der Waals surface area contributed by atoms with Crippen LogP contribution in [0.1, 0.15) is 0 Å². The normalized spacial score (nSPS) is 10.1. The first kappa shape index (κ1) is 10.8. The summed E-state index contributed by atoms with van der Waals surface area (Å²) >= 11 is 4.88. The third-order valence-electron chi connectivity index (χ3n) is 2.15. The third kappa shape index (κ3) is 1.94. The van der Waals surface area contributed by atoms with Gasteiger partial charge < -0.3 is 9.72 Å². The number of nitrogens with zero attached hydrogens (tertiary/aromatic N) is 1. The van der Waals surface area contributed by atoms with Crippen molar-refractivity contribution in [3.63, 3.8) is 0 Å². The number of hydrogen-bond donors (Lipinski definition) is 1. The van der Waals surface area contributed by atoms with Crippen LogP contribution in [0.25, 0.3) is 11.3 Å². The van der Waals surface area contributed by atoms with E-state index in [1.54, 1.807) is 24.3 Å². The molecule has 1 aromatic carbocycles. The number of H-pyrrole nitrogens is 1. The molecule has 1 aromatic heterocycles. The second-order valence-electron chi connectivity index (χ2n) is 3.11. The highest BCUT2D eigenvalue weighted by Crippen LogP contribution is 2.27. The first-order chi connectivity index (χ1) is 7.72. The Morgan fingerprint density at radius 3 is 2.88 bits per heavy atom. The first-order valence-electron chi connectivity index (χ1n) is 4.60. The smallest absolute Gasteiger partial charge is 0.197 e. The largest absolute Gasteiger partial charge is 0.494 e. The van der Waals surface area contributed by atoms with Gasteiger partial charge in [-0.3, -0.25) is 0 Å². The molecule has 0 aliphatic rings. The molecule has 0 bridgehead atoms. The minimum absolute atomic E-state index is 0.202. The first-order valence-corrected chi connectivity index (χ1v) is 5.01. The maximum atomic E-state index is 13.9. The quantitative estimate of drug-likeness (QED) is 0.815. The highest BCUT2D eigenvalue weighted by atomic mass is 32.1. The summed E-state index contributed by atoms with van der Waals surface area (Å²) < 4.78 is 19.1. The van der Waals surface area contributed by atoms with Crippen LogP contribution >= 0.6 is 12.2 Å².